The molecule has 38 heavy (non-hydrogen) atoms. The molecule has 2 aliphatic rings. The van der Waals surface area contributed by atoms with Crippen LogP contribution in [0.4, 0.5) is 22.4 Å². The zero-order valence-corrected chi connectivity index (χ0v) is 20.4. The van der Waals surface area contributed by atoms with E-state index in [4.69, 9.17) is 4.42 Å². The average Bonchev–Trinajstić information content (AvgIpc) is 3.38. The summed E-state index contributed by atoms with van der Waals surface area (Å²) < 4.78 is 61.8. The van der Waals surface area contributed by atoms with Gasteiger partial charge in [0.2, 0.25) is 0 Å². The quantitative estimate of drug-likeness (QED) is 0.447. The van der Waals surface area contributed by atoms with Crippen LogP contribution in [0.2, 0.25) is 0 Å². The third kappa shape index (κ3) is 5.93. The molecule has 3 aromatic rings. The topological polar surface area (TPSA) is 79.0 Å². The fraction of sp³-hybridized carbons (Fsp3) is 0.407. The molecule has 0 saturated carbocycles. The normalized spacial score (nSPS) is 21.0. The van der Waals surface area contributed by atoms with Crippen LogP contribution in [0.15, 0.2) is 59.2 Å². The van der Waals surface area contributed by atoms with Gasteiger partial charge in [0.05, 0.1) is 12.0 Å². The van der Waals surface area contributed by atoms with Gasteiger partial charge in [0.15, 0.2) is 5.89 Å². The highest BCUT2D eigenvalue weighted by Crippen LogP contribution is 2.38. The van der Waals surface area contributed by atoms with Crippen LogP contribution in [0.25, 0.3) is 11.3 Å². The van der Waals surface area contributed by atoms with Gasteiger partial charge in [0.25, 0.3) is 0 Å². The van der Waals surface area contributed by atoms with Crippen molar-refractivity contribution in [1.29, 1.82) is 0 Å². The number of alkyl halides is 3. The summed E-state index contributed by atoms with van der Waals surface area (Å²) in [5.74, 6) is -0.928. The number of oxazole rings is 1. The van der Waals surface area contributed by atoms with E-state index in [1.807, 2.05) is 0 Å². The predicted octanol–water partition coefficient (Wildman–Crippen LogP) is 5.53. The second kappa shape index (κ2) is 10.6. The summed E-state index contributed by atoms with van der Waals surface area (Å²) in [6.07, 6.45) is -2.30. The average molecular weight is 534 g/mol. The largest absolute Gasteiger partial charge is 0.573 e. The maximum atomic E-state index is 14.3. The highest BCUT2D eigenvalue weighted by Gasteiger charge is 2.37. The molecule has 2 fully saturated rings. The van der Waals surface area contributed by atoms with Crippen molar-refractivity contribution in [3.63, 3.8) is 0 Å². The number of rotatable bonds is 4. The molecule has 1 N–H and O–H groups in total. The van der Waals surface area contributed by atoms with Crippen LogP contribution < -0.4 is 4.74 Å². The van der Waals surface area contributed by atoms with Gasteiger partial charge < -0.3 is 24.1 Å². The summed E-state index contributed by atoms with van der Waals surface area (Å²) in [5.41, 5.74) is 1.39. The lowest BCUT2D eigenvalue weighted by molar-refractivity contribution is -0.274. The lowest BCUT2D eigenvalue weighted by Crippen LogP contribution is -2.51. The van der Waals surface area contributed by atoms with Crippen LogP contribution in [-0.4, -0.2) is 64.6 Å². The molecule has 7 nitrogen and oxygen atoms in total. The van der Waals surface area contributed by atoms with Crippen molar-refractivity contribution in [3.8, 4) is 17.0 Å². The van der Waals surface area contributed by atoms with Gasteiger partial charge in [0.1, 0.15) is 23.5 Å². The Balaban J connectivity index is 1.40. The van der Waals surface area contributed by atoms with Crippen LogP contribution >= 0.6 is 0 Å². The van der Waals surface area contributed by atoms with Gasteiger partial charge in [0, 0.05) is 37.7 Å². The van der Waals surface area contributed by atoms with Crippen molar-refractivity contribution < 1.29 is 36.6 Å². The third-order valence-corrected chi connectivity index (χ3v) is 7.06. The van der Waals surface area contributed by atoms with Gasteiger partial charge in [-0.05, 0) is 49.1 Å². The van der Waals surface area contributed by atoms with Crippen LogP contribution in [0, 0.1) is 5.82 Å². The van der Waals surface area contributed by atoms with Crippen LogP contribution in [0.3, 0.4) is 0 Å². The van der Waals surface area contributed by atoms with E-state index in [1.54, 1.807) is 40.1 Å². The molecule has 0 aliphatic carbocycles. The Morgan fingerprint density at radius 2 is 1.68 bits per heavy atom. The summed E-state index contributed by atoms with van der Waals surface area (Å²) in [6, 6.07) is 11.7. The fourth-order valence-electron chi connectivity index (χ4n) is 5.14. The maximum Gasteiger partial charge on any atom is 0.573 e. The Labute approximate surface area is 216 Å². The molecule has 11 heteroatoms. The Bertz CT molecular complexity index is 1260. The molecule has 5 rings (SSSR count). The fourth-order valence-corrected chi connectivity index (χ4v) is 5.14. The Kier molecular flexibility index (Phi) is 7.29. The number of urea groups is 1. The summed E-state index contributed by atoms with van der Waals surface area (Å²) in [5, 5.41) is 9.83. The first-order valence-corrected chi connectivity index (χ1v) is 12.4. The SMILES string of the molecule is O=C(N1CCC(O)CC1)N1CC(c2ccc(OC(F)(F)F)cc2)CC(c2nc(-c3ccccc3F)co2)C1. The lowest BCUT2D eigenvalue weighted by Gasteiger charge is -2.40. The summed E-state index contributed by atoms with van der Waals surface area (Å²) in [4.78, 5) is 21.3. The van der Waals surface area contributed by atoms with Crippen LogP contribution in [-0.2, 0) is 0 Å². The maximum absolute atomic E-state index is 14.3. The highest BCUT2D eigenvalue weighted by molar-refractivity contribution is 5.75. The molecule has 0 radical (unpaired) electrons. The van der Waals surface area contributed by atoms with Gasteiger partial charge in [-0.25, -0.2) is 14.2 Å². The Morgan fingerprint density at radius 3 is 2.37 bits per heavy atom. The zero-order valence-electron chi connectivity index (χ0n) is 20.4. The summed E-state index contributed by atoms with van der Waals surface area (Å²) in [7, 11) is 0. The molecule has 2 aromatic carbocycles. The molecule has 0 bridgehead atoms. The minimum absolute atomic E-state index is 0.176. The molecule has 2 unspecified atom stereocenters. The molecule has 1 aromatic heterocycles. The molecule has 2 saturated heterocycles. The van der Waals surface area contributed by atoms with Crippen LogP contribution in [0.5, 0.6) is 5.75 Å². The smallest absolute Gasteiger partial charge is 0.448 e. The zero-order chi connectivity index (χ0) is 26.9. The molecule has 2 atom stereocenters. The van der Waals surface area contributed by atoms with Crippen molar-refractivity contribution in [2.75, 3.05) is 26.2 Å². The number of halogens is 4. The number of carbonyl (C=O) groups excluding carboxylic acids is 1. The number of ether oxygens (including phenoxy) is 1. The number of aliphatic hydroxyl groups is 1. The number of piperidine rings is 2. The number of hydrogen-bond donors (Lipinski definition) is 1. The molecule has 2 amide bonds. The van der Waals surface area contributed by atoms with Gasteiger partial charge in [-0.2, -0.15) is 0 Å². The lowest BCUT2D eigenvalue weighted by atomic mass is 9.84. The third-order valence-electron chi connectivity index (χ3n) is 7.06. The molecular formula is C27H27F4N3O4. The number of aliphatic hydroxyl groups excluding tert-OH is 1. The van der Waals surface area contributed by atoms with Gasteiger partial charge in [-0.3, -0.25) is 0 Å². The van der Waals surface area contributed by atoms with Crippen molar-refractivity contribution in [2.45, 2.75) is 43.6 Å². The standard InChI is InChI=1S/C27H27F4N3O4/c28-23-4-2-1-3-22(23)24-16-37-25(32-24)19-13-18(17-5-7-21(8-6-17)38-27(29,30)31)14-34(15-19)26(36)33-11-9-20(35)10-12-33/h1-8,16,18-20,35H,9-15H2. The van der Waals surface area contributed by atoms with E-state index in [9.17, 15) is 27.5 Å². The molecular weight excluding hydrogens is 506 g/mol. The van der Waals surface area contributed by atoms with Crippen molar-refractivity contribution in [2.24, 2.45) is 0 Å². The van der Waals surface area contributed by atoms with E-state index in [-0.39, 0.29) is 23.6 Å². The van der Waals surface area contributed by atoms with Crippen LogP contribution in [0.1, 0.15) is 42.6 Å². The molecule has 3 heterocycles. The minimum Gasteiger partial charge on any atom is -0.448 e. The first-order valence-electron chi connectivity index (χ1n) is 12.4. The number of amides is 2. The number of carbonyl (C=O) groups is 1. The number of nitrogens with zero attached hydrogens (tertiary/aromatic N) is 3. The van der Waals surface area contributed by atoms with Crippen molar-refractivity contribution in [3.05, 3.63) is 72.1 Å². The van der Waals surface area contributed by atoms with E-state index < -0.39 is 18.3 Å². The van der Waals surface area contributed by atoms with Gasteiger partial charge in [-0.1, -0.05) is 24.3 Å². The monoisotopic (exact) mass is 533 g/mol. The van der Waals surface area contributed by atoms with E-state index in [2.05, 4.69) is 9.72 Å². The molecule has 2 aliphatic heterocycles. The Morgan fingerprint density at radius 1 is 1.00 bits per heavy atom. The van der Waals surface area contributed by atoms with E-state index in [0.717, 1.165) is 5.56 Å². The minimum atomic E-state index is -4.79. The first-order chi connectivity index (χ1) is 18.2. The number of likely N-dealkylation sites (tertiary alicyclic amines) is 2. The number of hydrogen-bond acceptors (Lipinski definition) is 5. The van der Waals surface area contributed by atoms with E-state index in [0.29, 0.717) is 62.6 Å². The predicted molar refractivity (Wildman–Crippen MR) is 129 cm³/mol. The van der Waals surface area contributed by atoms with Gasteiger partial charge in [-0.15, -0.1) is 13.2 Å². The second-order valence-corrected chi connectivity index (χ2v) is 9.70. The highest BCUT2D eigenvalue weighted by atomic mass is 19.4. The summed E-state index contributed by atoms with van der Waals surface area (Å²) >= 11 is 0. The van der Waals surface area contributed by atoms with Crippen molar-refractivity contribution in [1.82, 2.24) is 14.8 Å². The number of benzene rings is 2. The second-order valence-electron chi connectivity index (χ2n) is 9.70. The van der Waals surface area contributed by atoms with E-state index >= 15 is 0 Å². The van der Waals surface area contributed by atoms with Gasteiger partial charge >= 0.3 is 12.4 Å². The molecule has 0 spiro atoms. The first kappa shape index (κ1) is 26.0. The summed E-state index contributed by atoms with van der Waals surface area (Å²) in [6.45, 7) is 1.55. The van der Waals surface area contributed by atoms with E-state index in [1.165, 1.54) is 24.5 Å². The number of aromatic nitrogens is 1. The molecule has 202 valence electrons. The Hall–Kier alpha value is -3.60. The van der Waals surface area contributed by atoms with Crippen molar-refractivity contribution >= 4 is 6.03 Å².